The first-order chi connectivity index (χ1) is 9.93. The number of hydrogen-bond acceptors (Lipinski definition) is 1. The zero-order valence-corrected chi connectivity index (χ0v) is 11.6. The molecule has 100 valence electrons. The third kappa shape index (κ3) is 1.90. The van der Waals surface area contributed by atoms with Crippen molar-refractivity contribution >= 4 is 21.5 Å². The Bertz CT molecular complexity index is 754. The number of fused-ring (bicyclic) bond motifs is 3. The van der Waals surface area contributed by atoms with E-state index in [1.165, 1.54) is 46.4 Å². The van der Waals surface area contributed by atoms with Crippen molar-refractivity contribution < 1.29 is 0 Å². The predicted molar refractivity (Wildman–Crippen MR) is 86.0 cm³/mol. The van der Waals surface area contributed by atoms with Crippen molar-refractivity contribution in [1.29, 1.82) is 0 Å². The first-order valence-electron chi connectivity index (χ1n) is 7.57. The smallest absolute Gasteiger partial charge is 0.0326 e. The molecular formula is C19H19N. The second kappa shape index (κ2) is 4.92. The number of hydrogen-bond donors (Lipinski definition) is 1. The van der Waals surface area contributed by atoms with Gasteiger partial charge in [0.15, 0.2) is 0 Å². The van der Waals surface area contributed by atoms with Crippen LogP contribution in [0, 0.1) is 0 Å². The quantitative estimate of drug-likeness (QED) is 0.620. The summed E-state index contributed by atoms with van der Waals surface area (Å²) in [7, 11) is 0. The number of benzene rings is 3. The van der Waals surface area contributed by atoms with Gasteiger partial charge in [-0.05, 0) is 52.6 Å². The summed E-state index contributed by atoms with van der Waals surface area (Å²) in [6.07, 6.45) is 3.89. The topological polar surface area (TPSA) is 12.0 Å². The molecule has 0 aliphatic carbocycles. The monoisotopic (exact) mass is 261 g/mol. The van der Waals surface area contributed by atoms with E-state index in [0.717, 1.165) is 6.54 Å². The molecule has 1 nitrogen and oxygen atoms in total. The van der Waals surface area contributed by atoms with Gasteiger partial charge in [-0.2, -0.15) is 0 Å². The third-order valence-electron chi connectivity index (χ3n) is 4.49. The summed E-state index contributed by atoms with van der Waals surface area (Å²) in [5.41, 5.74) is 1.47. The van der Waals surface area contributed by atoms with Crippen LogP contribution in [-0.4, -0.2) is 6.54 Å². The highest BCUT2D eigenvalue weighted by Crippen LogP contribution is 2.34. The lowest BCUT2D eigenvalue weighted by atomic mass is 9.90. The third-order valence-corrected chi connectivity index (χ3v) is 4.49. The fourth-order valence-electron chi connectivity index (χ4n) is 3.49. The van der Waals surface area contributed by atoms with Crippen molar-refractivity contribution in [2.24, 2.45) is 0 Å². The van der Waals surface area contributed by atoms with E-state index in [2.05, 4.69) is 59.9 Å². The number of rotatable bonds is 1. The van der Waals surface area contributed by atoms with E-state index in [-0.39, 0.29) is 0 Å². The molecule has 0 saturated carbocycles. The fourth-order valence-corrected chi connectivity index (χ4v) is 3.49. The van der Waals surface area contributed by atoms with E-state index in [0.29, 0.717) is 6.04 Å². The van der Waals surface area contributed by atoms with E-state index in [1.807, 2.05) is 0 Å². The molecule has 0 aromatic heterocycles. The molecule has 1 saturated heterocycles. The Kier molecular flexibility index (Phi) is 2.93. The highest BCUT2D eigenvalue weighted by atomic mass is 14.9. The van der Waals surface area contributed by atoms with Gasteiger partial charge in [0.2, 0.25) is 0 Å². The Balaban J connectivity index is 2.02. The summed E-state index contributed by atoms with van der Waals surface area (Å²) in [5, 5.41) is 9.20. The Morgan fingerprint density at radius 2 is 1.55 bits per heavy atom. The molecule has 1 aliphatic rings. The largest absolute Gasteiger partial charge is 0.310 e. The highest BCUT2D eigenvalue weighted by molar-refractivity contribution is 6.09. The maximum absolute atomic E-state index is 3.69. The number of piperidine rings is 1. The summed E-state index contributed by atoms with van der Waals surface area (Å²) >= 11 is 0. The van der Waals surface area contributed by atoms with Crippen LogP contribution < -0.4 is 5.32 Å². The average Bonchev–Trinajstić information content (AvgIpc) is 2.55. The van der Waals surface area contributed by atoms with Crippen LogP contribution in [0.25, 0.3) is 21.5 Å². The van der Waals surface area contributed by atoms with Crippen LogP contribution >= 0.6 is 0 Å². The van der Waals surface area contributed by atoms with Gasteiger partial charge in [0, 0.05) is 6.04 Å². The van der Waals surface area contributed by atoms with Crippen LogP contribution in [0.4, 0.5) is 0 Å². The van der Waals surface area contributed by atoms with Crippen LogP contribution in [-0.2, 0) is 0 Å². The molecule has 0 unspecified atom stereocenters. The normalized spacial score (nSPS) is 19.5. The summed E-state index contributed by atoms with van der Waals surface area (Å²) in [4.78, 5) is 0. The maximum atomic E-state index is 3.69. The lowest BCUT2D eigenvalue weighted by Crippen LogP contribution is -2.26. The van der Waals surface area contributed by atoms with Crippen LogP contribution in [0.15, 0.2) is 54.6 Å². The minimum atomic E-state index is 0.512. The molecule has 0 bridgehead atoms. The molecule has 0 radical (unpaired) electrons. The van der Waals surface area contributed by atoms with Gasteiger partial charge in [-0.3, -0.25) is 0 Å². The zero-order valence-electron chi connectivity index (χ0n) is 11.6. The molecule has 1 fully saturated rings. The van der Waals surface area contributed by atoms with Crippen LogP contribution in [0.3, 0.4) is 0 Å². The Labute approximate surface area is 119 Å². The molecule has 1 heteroatoms. The van der Waals surface area contributed by atoms with Gasteiger partial charge in [-0.25, -0.2) is 0 Å². The second-order valence-corrected chi connectivity index (χ2v) is 5.74. The molecule has 3 aromatic rings. The van der Waals surface area contributed by atoms with E-state index >= 15 is 0 Å². The zero-order chi connectivity index (χ0) is 13.4. The maximum Gasteiger partial charge on any atom is 0.0326 e. The molecule has 4 rings (SSSR count). The van der Waals surface area contributed by atoms with Crippen molar-refractivity contribution in [2.75, 3.05) is 6.54 Å². The van der Waals surface area contributed by atoms with Gasteiger partial charge in [0.25, 0.3) is 0 Å². The highest BCUT2D eigenvalue weighted by Gasteiger charge is 2.17. The van der Waals surface area contributed by atoms with Crippen LogP contribution in [0.2, 0.25) is 0 Å². The summed E-state index contributed by atoms with van der Waals surface area (Å²) < 4.78 is 0. The molecule has 1 N–H and O–H groups in total. The number of nitrogens with one attached hydrogen (secondary N) is 1. The molecular weight excluding hydrogens is 242 g/mol. The lowest BCUT2D eigenvalue weighted by Gasteiger charge is -2.25. The van der Waals surface area contributed by atoms with Crippen molar-refractivity contribution in [2.45, 2.75) is 25.3 Å². The van der Waals surface area contributed by atoms with Crippen molar-refractivity contribution in [3.05, 3.63) is 60.2 Å². The van der Waals surface area contributed by atoms with Crippen molar-refractivity contribution in [1.82, 2.24) is 5.32 Å². The standard InChI is InChI=1S/C19H19N/c1-2-8-15-14(7-1)13-18(19-11-5-6-12-20-19)17-10-4-3-9-16(15)17/h1-4,7-10,13,19-20H,5-6,11-12H2/t19-/m1/s1. The Morgan fingerprint density at radius 1 is 0.800 bits per heavy atom. The molecule has 1 heterocycles. The lowest BCUT2D eigenvalue weighted by molar-refractivity contribution is 0.414. The average molecular weight is 261 g/mol. The molecule has 0 amide bonds. The minimum Gasteiger partial charge on any atom is -0.310 e. The predicted octanol–water partition coefficient (Wildman–Crippen LogP) is 4.81. The van der Waals surface area contributed by atoms with E-state index in [1.54, 1.807) is 0 Å². The van der Waals surface area contributed by atoms with Gasteiger partial charge in [0.1, 0.15) is 0 Å². The van der Waals surface area contributed by atoms with Crippen molar-refractivity contribution in [3.8, 4) is 0 Å². The van der Waals surface area contributed by atoms with E-state index < -0.39 is 0 Å². The summed E-state index contributed by atoms with van der Waals surface area (Å²) in [5.74, 6) is 0. The first-order valence-corrected chi connectivity index (χ1v) is 7.57. The summed E-state index contributed by atoms with van der Waals surface area (Å²) in [6.45, 7) is 1.14. The molecule has 3 aromatic carbocycles. The summed E-state index contributed by atoms with van der Waals surface area (Å²) in [6, 6.07) is 20.5. The second-order valence-electron chi connectivity index (χ2n) is 5.74. The molecule has 1 aliphatic heterocycles. The van der Waals surface area contributed by atoms with E-state index in [9.17, 15) is 0 Å². The Morgan fingerprint density at radius 3 is 2.35 bits per heavy atom. The van der Waals surface area contributed by atoms with E-state index in [4.69, 9.17) is 0 Å². The Hall–Kier alpha value is -1.86. The van der Waals surface area contributed by atoms with Gasteiger partial charge in [0.05, 0.1) is 0 Å². The molecule has 0 spiro atoms. The first kappa shape index (κ1) is 11.9. The van der Waals surface area contributed by atoms with Gasteiger partial charge >= 0.3 is 0 Å². The van der Waals surface area contributed by atoms with Crippen LogP contribution in [0.1, 0.15) is 30.9 Å². The molecule has 1 atom stereocenters. The minimum absolute atomic E-state index is 0.512. The fraction of sp³-hybridized carbons (Fsp3) is 0.263. The molecule has 20 heavy (non-hydrogen) atoms. The van der Waals surface area contributed by atoms with Crippen molar-refractivity contribution in [3.63, 3.8) is 0 Å². The van der Waals surface area contributed by atoms with Crippen LogP contribution in [0.5, 0.6) is 0 Å². The van der Waals surface area contributed by atoms with Gasteiger partial charge in [-0.15, -0.1) is 0 Å². The van der Waals surface area contributed by atoms with Gasteiger partial charge in [-0.1, -0.05) is 55.0 Å². The van der Waals surface area contributed by atoms with Gasteiger partial charge < -0.3 is 5.32 Å². The SMILES string of the molecule is c1ccc2c(c1)cc([C@H]1CCCCN1)c1ccccc12.